The molecule has 1 amide bonds. The molecule has 0 aliphatic carbocycles. The van der Waals surface area contributed by atoms with Crippen molar-refractivity contribution in [2.24, 2.45) is 11.7 Å². The monoisotopic (exact) mass is 267 g/mol. The molecule has 19 heavy (non-hydrogen) atoms. The molecule has 1 fully saturated rings. The fourth-order valence-electron chi connectivity index (χ4n) is 2.14. The number of hydrogen-bond donors (Lipinski definition) is 3. The van der Waals surface area contributed by atoms with E-state index in [4.69, 9.17) is 16.2 Å². The zero-order valence-corrected chi connectivity index (χ0v) is 10.6. The molecule has 1 aliphatic rings. The van der Waals surface area contributed by atoms with E-state index in [1.165, 1.54) is 6.07 Å². The Labute approximate surface area is 111 Å². The zero-order chi connectivity index (χ0) is 13.8. The molecule has 0 aromatic heterocycles. The first-order valence-electron chi connectivity index (χ1n) is 6.28. The minimum atomic E-state index is -0.661. The fourth-order valence-corrected chi connectivity index (χ4v) is 2.14. The molecule has 1 aliphatic heterocycles. The van der Waals surface area contributed by atoms with Gasteiger partial charge in [0.15, 0.2) is 0 Å². The Balaban J connectivity index is 2.06. The van der Waals surface area contributed by atoms with Crippen molar-refractivity contribution in [1.29, 1.82) is 0 Å². The number of rotatable bonds is 4. The predicted octanol–water partition coefficient (Wildman–Crippen LogP) is 1.35. The van der Waals surface area contributed by atoms with E-state index in [-0.39, 0.29) is 16.9 Å². The largest absolute Gasteiger partial charge is 0.398 e. The molecule has 0 radical (unpaired) electrons. The number of nitrogens with two attached hydrogens (primary N) is 2. The van der Waals surface area contributed by atoms with Gasteiger partial charge in [-0.05, 0) is 30.9 Å². The average Bonchev–Trinajstić information content (AvgIpc) is 2.38. The van der Waals surface area contributed by atoms with Crippen LogP contribution in [0, 0.1) is 11.7 Å². The van der Waals surface area contributed by atoms with Crippen LogP contribution in [0.3, 0.4) is 0 Å². The highest BCUT2D eigenvalue weighted by atomic mass is 19.1. The van der Waals surface area contributed by atoms with Gasteiger partial charge >= 0.3 is 0 Å². The molecule has 0 bridgehead atoms. The lowest BCUT2D eigenvalue weighted by Crippen LogP contribution is -2.23. The van der Waals surface area contributed by atoms with Gasteiger partial charge in [0.2, 0.25) is 0 Å². The van der Waals surface area contributed by atoms with Crippen molar-refractivity contribution in [3.8, 4) is 0 Å². The molecular weight excluding hydrogens is 249 g/mol. The lowest BCUT2D eigenvalue weighted by atomic mass is 10.0. The smallest absolute Gasteiger partial charge is 0.250 e. The van der Waals surface area contributed by atoms with Gasteiger partial charge in [-0.3, -0.25) is 4.79 Å². The van der Waals surface area contributed by atoms with E-state index in [1.807, 2.05) is 0 Å². The molecule has 1 heterocycles. The van der Waals surface area contributed by atoms with E-state index in [9.17, 15) is 9.18 Å². The molecule has 104 valence electrons. The van der Waals surface area contributed by atoms with E-state index < -0.39 is 11.7 Å². The van der Waals surface area contributed by atoms with Crippen molar-refractivity contribution in [3.05, 3.63) is 23.5 Å². The van der Waals surface area contributed by atoms with Crippen molar-refractivity contribution in [2.75, 3.05) is 30.8 Å². The third kappa shape index (κ3) is 3.35. The van der Waals surface area contributed by atoms with Gasteiger partial charge in [-0.2, -0.15) is 0 Å². The molecule has 0 unspecified atom stereocenters. The van der Waals surface area contributed by atoms with Gasteiger partial charge in [-0.1, -0.05) is 0 Å². The van der Waals surface area contributed by atoms with Crippen LogP contribution in [-0.2, 0) is 4.74 Å². The summed E-state index contributed by atoms with van der Waals surface area (Å²) in [5.74, 6) is -0.691. The van der Waals surface area contributed by atoms with Crippen LogP contribution in [0.5, 0.6) is 0 Å². The van der Waals surface area contributed by atoms with Crippen molar-refractivity contribution in [2.45, 2.75) is 12.8 Å². The van der Waals surface area contributed by atoms with Gasteiger partial charge in [0, 0.05) is 25.4 Å². The molecule has 2 rings (SSSR count). The molecule has 1 saturated heterocycles. The Morgan fingerprint density at radius 2 is 2.11 bits per heavy atom. The van der Waals surface area contributed by atoms with Crippen LogP contribution in [0.1, 0.15) is 23.2 Å². The minimum absolute atomic E-state index is 0.0571. The van der Waals surface area contributed by atoms with Crippen molar-refractivity contribution in [1.82, 2.24) is 0 Å². The van der Waals surface area contributed by atoms with Gasteiger partial charge in [0.05, 0.1) is 11.3 Å². The Bertz CT molecular complexity index is 473. The number of halogens is 1. The van der Waals surface area contributed by atoms with Crippen molar-refractivity contribution in [3.63, 3.8) is 0 Å². The Kier molecular flexibility index (Phi) is 4.21. The van der Waals surface area contributed by atoms with Crippen LogP contribution in [0.15, 0.2) is 12.1 Å². The SMILES string of the molecule is NC(=O)c1cc(NCC2CCOCC2)c(F)cc1N. The van der Waals surface area contributed by atoms with Crippen molar-refractivity contribution >= 4 is 17.3 Å². The summed E-state index contributed by atoms with van der Waals surface area (Å²) >= 11 is 0. The maximum absolute atomic E-state index is 13.7. The number of ether oxygens (including phenoxy) is 1. The quantitative estimate of drug-likeness (QED) is 0.718. The maximum atomic E-state index is 13.7. The maximum Gasteiger partial charge on any atom is 0.250 e. The number of amides is 1. The van der Waals surface area contributed by atoms with Crippen LogP contribution in [0.4, 0.5) is 15.8 Å². The Morgan fingerprint density at radius 3 is 2.74 bits per heavy atom. The second-order valence-electron chi connectivity index (χ2n) is 4.72. The minimum Gasteiger partial charge on any atom is -0.398 e. The summed E-state index contributed by atoms with van der Waals surface area (Å²) in [6, 6.07) is 2.48. The normalized spacial score (nSPS) is 16.3. The predicted molar refractivity (Wildman–Crippen MR) is 71.4 cm³/mol. The van der Waals surface area contributed by atoms with E-state index in [0.29, 0.717) is 12.5 Å². The number of hydrogen-bond acceptors (Lipinski definition) is 4. The first kappa shape index (κ1) is 13.6. The van der Waals surface area contributed by atoms with Gasteiger partial charge in [0.1, 0.15) is 5.82 Å². The molecular formula is C13H18FN3O2. The number of primary amides is 1. The highest BCUT2D eigenvalue weighted by Gasteiger charge is 2.16. The lowest BCUT2D eigenvalue weighted by Gasteiger charge is -2.23. The van der Waals surface area contributed by atoms with Gasteiger partial charge in [-0.15, -0.1) is 0 Å². The standard InChI is InChI=1S/C13H18FN3O2/c14-10-6-11(15)9(13(16)18)5-12(10)17-7-8-1-3-19-4-2-8/h5-6,8,17H,1-4,7,15H2,(H2,16,18). The second kappa shape index (κ2) is 5.88. The van der Waals surface area contributed by atoms with E-state index in [2.05, 4.69) is 5.32 Å². The molecule has 0 spiro atoms. The summed E-state index contributed by atoms with van der Waals surface area (Å²) in [7, 11) is 0. The molecule has 5 nitrogen and oxygen atoms in total. The molecule has 1 aromatic rings. The van der Waals surface area contributed by atoms with Crippen LogP contribution in [-0.4, -0.2) is 25.7 Å². The number of anilines is 2. The number of nitrogen functional groups attached to an aromatic ring is 1. The van der Waals surface area contributed by atoms with Crippen LogP contribution >= 0.6 is 0 Å². The zero-order valence-electron chi connectivity index (χ0n) is 10.6. The number of carbonyl (C=O) groups is 1. The highest BCUT2D eigenvalue weighted by Crippen LogP contribution is 2.23. The molecule has 0 atom stereocenters. The Morgan fingerprint density at radius 1 is 1.42 bits per heavy atom. The van der Waals surface area contributed by atoms with Crippen LogP contribution in [0.25, 0.3) is 0 Å². The van der Waals surface area contributed by atoms with Crippen LogP contribution in [0.2, 0.25) is 0 Å². The highest BCUT2D eigenvalue weighted by molar-refractivity contribution is 5.99. The lowest BCUT2D eigenvalue weighted by molar-refractivity contribution is 0.0699. The van der Waals surface area contributed by atoms with Gasteiger partial charge < -0.3 is 21.5 Å². The van der Waals surface area contributed by atoms with Crippen molar-refractivity contribution < 1.29 is 13.9 Å². The van der Waals surface area contributed by atoms with E-state index in [1.54, 1.807) is 0 Å². The molecule has 1 aromatic carbocycles. The summed E-state index contributed by atoms with van der Waals surface area (Å²) in [5, 5.41) is 3.01. The molecule has 5 N–H and O–H groups in total. The summed E-state index contributed by atoms with van der Waals surface area (Å²) in [5.41, 5.74) is 11.2. The summed E-state index contributed by atoms with van der Waals surface area (Å²) in [4.78, 5) is 11.2. The number of carbonyl (C=O) groups excluding carboxylic acids is 1. The summed E-state index contributed by atoms with van der Waals surface area (Å²) in [6.45, 7) is 2.12. The topological polar surface area (TPSA) is 90.4 Å². The van der Waals surface area contributed by atoms with Crippen LogP contribution < -0.4 is 16.8 Å². The first-order valence-corrected chi connectivity index (χ1v) is 6.28. The first-order chi connectivity index (χ1) is 9.08. The fraction of sp³-hybridized carbons (Fsp3) is 0.462. The third-order valence-electron chi connectivity index (χ3n) is 3.33. The van der Waals surface area contributed by atoms with E-state index in [0.717, 1.165) is 32.1 Å². The molecule has 6 heteroatoms. The molecule has 0 saturated carbocycles. The van der Waals surface area contributed by atoms with Gasteiger partial charge in [0.25, 0.3) is 5.91 Å². The summed E-state index contributed by atoms with van der Waals surface area (Å²) in [6.07, 6.45) is 1.90. The number of nitrogens with one attached hydrogen (secondary N) is 1. The average molecular weight is 267 g/mol. The van der Waals surface area contributed by atoms with E-state index >= 15 is 0 Å². The second-order valence-corrected chi connectivity index (χ2v) is 4.72. The Hall–Kier alpha value is -1.82. The van der Waals surface area contributed by atoms with Gasteiger partial charge in [-0.25, -0.2) is 4.39 Å². The third-order valence-corrected chi connectivity index (χ3v) is 3.33. The summed E-state index contributed by atoms with van der Waals surface area (Å²) < 4.78 is 19.0. The number of benzene rings is 1.